The lowest BCUT2D eigenvalue weighted by molar-refractivity contribution is -0.0140. The summed E-state index contributed by atoms with van der Waals surface area (Å²) in [5.41, 5.74) is 3.19. The van der Waals surface area contributed by atoms with Crippen LogP contribution in [0.15, 0.2) is 42.5 Å². The van der Waals surface area contributed by atoms with E-state index in [0.29, 0.717) is 12.3 Å². The smallest absolute Gasteiger partial charge is 0.187 e. The average Bonchev–Trinajstić information content (AvgIpc) is 3.11. The first-order chi connectivity index (χ1) is 14.8. The van der Waals surface area contributed by atoms with Gasteiger partial charge in [-0.05, 0) is 89.4 Å². The van der Waals surface area contributed by atoms with Gasteiger partial charge in [-0.15, -0.1) is 0 Å². The second-order valence-corrected chi connectivity index (χ2v) is 8.64. The predicted molar refractivity (Wildman–Crippen MR) is 126 cm³/mol. The number of hydrogen-bond acceptors (Lipinski definition) is 3. The summed E-state index contributed by atoms with van der Waals surface area (Å²) in [6.45, 7) is 12.1. The Morgan fingerprint density at radius 1 is 1.00 bits per heavy atom. The van der Waals surface area contributed by atoms with Crippen molar-refractivity contribution < 1.29 is 9.13 Å². The molecule has 1 heterocycles. The molecule has 0 amide bonds. The van der Waals surface area contributed by atoms with Crippen LogP contribution in [0, 0.1) is 12.4 Å². The molecule has 5 heteroatoms. The first-order valence-electron chi connectivity index (χ1n) is 11.0. The van der Waals surface area contributed by atoms with E-state index in [4.69, 9.17) is 11.3 Å². The minimum absolute atomic E-state index is 0.247. The molecular weight excluding hydrogens is 389 g/mol. The standard InChI is InChI=1S/C20H21FN2O.C6H15N/c1-22-18-9-10-19-15(13-18)14-24-20(19,11-4-12-23(2)3)16-5-7-17(21)8-6-16;1-4-5-6-7(2)3/h5-10,13H,4,11-12,14H2,2-3H3;4-6H2,1-3H3. The van der Waals surface area contributed by atoms with E-state index in [-0.39, 0.29) is 5.82 Å². The lowest BCUT2D eigenvalue weighted by Gasteiger charge is -2.31. The van der Waals surface area contributed by atoms with Crippen molar-refractivity contribution in [1.29, 1.82) is 0 Å². The van der Waals surface area contributed by atoms with Gasteiger partial charge in [0.05, 0.1) is 13.2 Å². The van der Waals surface area contributed by atoms with Crippen molar-refractivity contribution in [3.05, 3.63) is 76.4 Å². The lowest BCUT2D eigenvalue weighted by atomic mass is 9.82. The predicted octanol–water partition coefficient (Wildman–Crippen LogP) is 5.84. The summed E-state index contributed by atoms with van der Waals surface area (Å²) in [6.07, 6.45) is 4.42. The Labute approximate surface area is 187 Å². The molecule has 31 heavy (non-hydrogen) atoms. The van der Waals surface area contributed by atoms with E-state index in [9.17, 15) is 4.39 Å². The van der Waals surface area contributed by atoms with Crippen molar-refractivity contribution in [2.75, 3.05) is 41.3 Å². The number of hydrogen-bond donors (Lipinski definition) is 0. The second-order valence-electron chi connectivity index (χ2n) is 8.64. The molecule has 0 radical (unpaired) electrons. The third-order valence-corrected chi connectivity index (χ3v) is 5.53. The van der Waals surface area contributed by atoms with Crippen molar-refractivity contribution >= 4 is 5.69 Å². The van der Waals surface area contributed by atoms with Gasteiger partial charge in [0.15, 0.2) is 5.69 Å². The fourth-order valence-corrected chi connectivity index (χ4v) is 3.87. The summed E-state index contributed by atoms with van der Waals surface area (Å²) in [5, 5.41) is 0. The fraction of sp³-hybridized carbons (Fsp3) is 0.500. The molecule has 3 rings (SSSR count). The molecule has 0 spiro atoms. The molecule has 4 nitrogen and oxygen atoms in total. The number of unbranched alkanes of at least 4 members (excludes halogenated alkanes) is 1. The van der Waals surface area contributed by atoms with Crippen molar-refractivity contribution in [2.24, 2.45) is 0 Å². The van der Waals surface area contributed by atoms with E-state index in [2.05, 4.69) is 49.8 Å². The van der Waals surface area contributed by atoms with Gasteiger partial charge in [0, 0.05) is 0 Å². The van der Waals surface area contributed by atoms with Crippen LogP contribution in [0.3, 0.4) is 0 Å². The molecule has 1 aliphatic rings. The molecule has 0 aromatic heterocycles. The van der Waals surface area contributed by atoms with Crippen LogP contribution in [0.2, 0.25) is 0 Å². The number of fused-ring (bicyclic) bond motifs is 1. The summed E-state index contributed by atoms with van der Waals surface area (Å²) >= 11 is 0. The Balaban J connectivity index is 0.000000423. The summed E-state index contributed by atoms with van der Waals surface area (Å²) < 4.78 is 19.6. The maximum Gasteiger partial charge on any atom is 0.187 e. The molecule has 0 saturated carbocycles. The normalized spacial score (nSPS) is 17.3. The molecule has 1 aliphatic heterocycles. The Hall–Kier alpha value is -2.26. The Morgan fingerprint density at radius 3 is 2.19 bits per heavy atom. The van der Waals surface area contributed by atoms with Crippen LogP contribution in [0.25, 0.3) is 4.85 Å². The van der Waals surface area contributed by atoms with Gasteiger partial charge in [-0.2, -0.15) is 0 Å². The second kappa shape index (κ2) is 12.0. The van der Waals surface area contributed by atoms with Gasteiger partial charge >= 0.3 is 0 Å². The van der Waals surface area contributed by atoms with Gasteiger partial charge in [-0.3, -0.25) is 0 Å². The first kappa shape index (κ1) is 25.0. The molecule has 2 aromatic rings. The summed E-state index contributed by atoms with van der Waals surface area (Å²) in [5.74, 6) is -0.247. The number of ether oxygens (including phenoxy) is 1. The van der Waals surface area contributed by atoms with Gasteiger partial charge in [0.25, 0.3) is 0 Å². The molecule has 1 unspecified atom stereocenters. The van der Waals surface area contributed by atoms with E-state index in [0.717, 1.165) is 36.1 Å². The molecule has 0 fully saturated rings. The van der Waals surface area contributed by atoms with Crippen molar-refractivity contribution in [3.8, 4) is 0 Å². The van der Waals surface area contributed by atoms with Crippen LogP contribution < -0.4 is 0 Å². The number of benzene rings is 2. The Morgan fingerprint density at radius 2 is 1.65 bits per heavy atom. The van der Waals surface area contributed by atoms with Crippen LogP contribution in [-0.4, -0.2) is 51.1 Å². The van der Waals surface area contributed by atoms with Crippen LogP contribution in [-0.2, 0) is 16.9 Å². The summed E-state index contributed by atoms with van der Waals surface area (Å²) in [4.78, 5) is 7.86. The number of halogens is 1. The van der Waals surface area contributed by atoms with Gasteiger partial charge in [-0.25, -0.2) is 9.24 Å². The highest BCUT2D eigenvalue weighted by Crippen LogP contribution is 2.46. The maximum absolute atomic E-state index is 13.4. The first-order valence-corrected chi connectivity index (χ1v) is 11.0. The fourth-order valence-electron chi connectivity index (χ4n) is 3.87. The van der Waals surface area contributed by atoms with Gasteiger partial charge in [-0.1, -0.05) is 43.7 Å². The van der Waals surface area contributed by atoms with Gasteiger partial charge < -0.3 is 14.5 Å². The van der Waals surface area contributed by atoms with E-state index >= 15 is 0 Å². The SMILES string of the molecule is CCCCN(C)C.[C-]#[N+]c1ccc2c(c1)COC2(CCCN(C)C)c1ccc(F)cc1. The topological polar surface area (TPSA) is 20.1 Å². The quantitative estimate of drug-likeness (QED) is 0.496. The number of nitrogens with zero attached hydrogens (tertiary/aromatic N) is 3. The highest BCUT2D eigenvalue weighted by atomic mass is 19.1. The largest absolute Gasteiger partial charge is 0.361 e. The Bertz CT molecular complexity index is 858. The lowest BCUT2D eigenvalue weighted by Crippen LogP contribution is -2.28. The molecule has 2 aromatic carbocycles. The minimum atomic E-state index is -0.556. The molecular formula is C26H36FN3O. The van der Waals surface area contributed by atoms with Crippen LogP contribution in [0.1, 0.15) is 49.3 Å². The van der Waals surface area contributed by atoms with Crippen molar-refractivity contribution in [1.82, 2.24) is 9.80 Å². The van der Waals surface area contributed by atoms with Crippen LogP contribution in [0.5, 0.6) is 0 Å². The summed E-state index contributed by atoms with van der Waals surface area (Å²) in [7, 11) is 8.32. The molecule has 0 aliphatic carbocycles. The van der Waals surface area contributed by atoms with Crippen molar-refractivity contribution in [2.45, 2.75) is 44.8 Å². The molecule has 0 saturated heterocycles. The minimum Gasteiger partial charge on any atom is -0.361 e. The third kappa shape index (κ3) is 6.87. The zero-order valence-electron chi connectivity index (χ0n) is 19.6. The average molecular weight is 426 g/mol. The number of rotatable bonds is 8. The zero-order chi connectivity index (χ0) is 22.9. The highest BCUT2D eigenvalue weighted by molar-refractivity contribution is 5.54. The van der Waals surface area contributed by atoms with Gasteiger partial charge in [0.1, 0.15) is 11.4 Å². The van der Waals surface area contributed by atoms with Crippen molar-refractivity contribution in [3.63, 3.8) is 0 Å². The maximum atomic E-state index is 13.4. The summed E-state index contributed by atoms with van der Waals surface area (Å²) in [6, 6.07) is 12.3. The molecule has 0 bridgehead atoms. The van der Waals surface area contributed by atoms with E-state index in [1.807, 2.05) is 30.3 Å². The van der Waals surface area contributed by atoms with E-state index in [1.165, 1.54) is 31.5 Å². The van der Waals surface area contributed by atoms with Crippen LogP contribution in [0.4, 0.5) is 10.1 Å². The molecule has 168 valence electrons. The Kier molecular flexibility index (Phi) is 9.64. The zero-order valence-corrected chi connectivity index (χ0v) is 19.6. The van der Waals surface area contributed by atoms with E-state index in [1.54, 1.807) is 0 Å². The van der Waals surface area contributed by atoms with Gasteiger partial charge in [0.2, 0.25) is 0 Å². The highest BCUT2D eigenvalue weighted by Gasteiger charge is 2.41. The molecule has 0 N–H and O–H groups in total. The monoisotopic (exact) mass is 425 g/mol. The van der Waals surface area contributed by atoms with E-state index < -0.39 is 5.60 Å². The van der Waals surface area contributed by atoms with Crippen LogP contribution >= 0.6 is 0 Å². The third-order valence-electron chi connectivity index (χ3n) is 5.53. The molecule has 1 atom stereocenters.